The normalized spacial score (nSPS) is 15.0. The van der Waals surface area contributed by atoms with Crippen molar-refractivity contribution in [3.63, 3.8) is 0 Å². The van der Waals surface area contributed by atoms with Crippen molar-refractivity contribution in [3.8, 4) is 0 Å². The molecule has 1 amide bonds. The van der Waals surface area contributed by atoms with Crippen LogP contribution < -0.4 is 4.90 Å². The van der Waals surface area contributed by atoms with Gasteiger partial charge in [-0.1, -0.05) is 18.2 Å². The van der Waals surface area contributed by atoms with Gasteiger partial charge in [0.1, 0.15) is 0 Å². The van der Waals surface area contributed by atoms with Crippen molar-refractivity contribution in [2.45, 2.75) is 6.18 Å². The zero-order chi connectivity index (χ0) is 21.0. The number of non-ortho nitro benzene ring substituents is 1. The monoisotopic (exact) mass is 405 g/mol. The second-order valence-corrected chi connectivity index (χ2v) is 6.55. The maximum atomic E-state index is 12.9. The molecule has 0 aliphatic carbocycles. The summed E-state index contributed by atoms with van der Waals surface area (Å²) >= 11 is 0. The minimum atomic E-state index is -4.40. The van der Waals surface area contributed by atoms with Crippen LogP contribution in [0, 0.1) is 10.1 Å². The Morgan fingerprint density at radius 3 is 2.38 bits per heavy atom. The highest BCUT2D eigenvalue weighted by molar-refractivity contribution is 5.92. The first-order chi connectivity index (χ1) is 13.7. The number of piperazine rings is 1. The fourth-order valence-electron chi connectivity index (χ4n) is 3.08. The quantitative estimate of drug-likeness (QED) is 0.439. The van der Waals surface area contributed by atoms with Crippen molar-refractivity contribution in [2.24, 2.45) is 0 Å². The van der Waals surface area contributed by atoms with Crippen LogP contribution in [0.5, 0.6) is 0 Å². The average molecular weight is 405 g/mol. The van der Waals surface area contributed by atoms with E-state index in [-0.39, 0.29) is 11.6 Å². The molecule has 0 unspecified atom stereocenters. The number of hydrogen-bond donors (Lipinski definition) is 0. The Hall–Kier alpha value is -3.36. The number of carbonyl (C=O) groups excluding carboxylic acids is 1. The molecule has 0 bridgehead atoms. The highest BCUT2D eigenvalue weighted by atomic mass is 19.4. The lowest BCUT2D eigenvalue weighted by Crippen LogP contribution is -2.48. The van der Waals surface area contributed by atoms with Crippen LogP contribution >= 0.6 is 0 Å². The van der Waals surface area contributed by atoms with Gasteiger partial charge in [-0.2, -0.15) is 13.2 Å². The number of halogens is 3. The Balaban J connectivity index is 1.60. The Kier molecular flexibility index (Phi) is 5.86. The van der Waals surface area contributed by atoms with Crippen molar-refractivity contribution in [2.75, 3.05) is 31.1 Å². The number of nitrogens with zero attached hydrogens (tertiary/aromatic N) is 3. The number of carbonyl (C=O) groups is 1. The topological polar surface area (TPSA) is 66.7 Å². The molecule has 0 spiro atoms. The van der Waals surface area contributed by atoms with Gasteiger partial charge in [-0.15, -0.1) is 0 Å². The molecule has 0 atom stereocenters. The third-order valence-corrected chi connectivity index (χ3v) is 4.63. The molecule has 1 saturated heterocycles. The predicted octanol–water partition coefficient (Wildman–Crippen LogP) is 3.98. The summed E-state index contributed by atoms with van der Waals surface area (Å²) < 4.78 is 38.6. The van der Waals surface area contributed by atoms with Gasteiger partial charge in [-0.3, -0.25) is 14.9 Å². The highest BCUT2D eigenvalue weighted by Gasteiger charge is 2.31. The zero-order valence-corrected chi connectivity index (χ0v) is 15.3. The summed E-state index contributed by atoms with van der Waals surface area (Å²) in [6.07, 6.45) is -1.54. The summed E-state index contributed by atoms with van der Waals surface area (Å²) in [6, 6.07) is 11.1. The first kappa shape index (κ1) is 20.4. The molecule has 1 aliphatic rings. The molecule has 6 nitrogen and oxygen atoms in total. The first-order valence-corrected chi connectivity index (χ1v) is 8.88. The van der Waals surface area contributed by atoms with Crippen LogP contribution in [-0.2, 0) is 11.0 Å². The van der Waals surface area contributed by atoms with Gasteiger partial charge < -0.3 is 9.80 Å². The summed E-state index contributed by atoms with van der Waals surface area (Å²) in [4.78, 5) is 26.1. The number of nitro benzene ring substituents is 1. The summed E-state index contributed by atoms with van der Waals surface area (Å²) in [7, 11) is 0. The molecule has 0 saturated carbocycles. The smallest absolute Gasteiger partial charge is 0.368 e. The molecule has 152 valence electrons. The third-order valence-electron chi connectivity index (χ3n) is 4.63. The molecule has 2 aromatic carbocycles. The van der Waals surface area contributed by atoms with Gasteiger partial charge in [-0.25, -0.2) is 0 Å². The van der Waals surface area contributed by atoms with Crippen LogP contribution in [0.4, 0.5) is 24.5 Å². The highest BCUT2D eigenvalue weighted by Crippen LogP contribution is 2.31. The molecule has 0 aromatic heterocycles. The second-order valence-electron chi connectivity index (χ2n) is 6.55. The van der Waals surface area contributed by atoms with Crippen molar-refractivity contribution in [1.29, 1.82) is 0 Å². The fourth-order valence-corrected chi connectivity index (χ4v) is 3.08. The van der Waals surface area contributed by atoms with Crippen molar-refractivity contribution >= 4 is 23.4 Å². The molecule has 1 aliphatic heterocycles. The number of anilines is 1. The Morgan fingerprint density at radius 2 is 1.72 bits per heavy atom. The number of nitro groups is 1. The third kappa shape index (κ3) is 5.13. The Bertz CT molecular complexity index is 936. The van der Waals surface area contributed by atoms with E-state index in [2.05, 4.69) is 0 Å². The second kappa shape index (κ2) is 8.34. The SMILES string of the molecule is O=C(C=Cc1cccc([N+](=O)[O-])c1)N1CCN(c2cccc(C(F)(F)F)c2)CC1. The van der Waals surface area contributed by atoms with Gasteiger partial charge in [0.2, 0.25) is 5.91 Å². The van der Waals surface area contributed by atoms with Crippen LogP contribution in [0.15, 0.2) is 54.6 Å². The lowest BCUT2D eigenvalue weighted by molar-refractivity contribution is -0.384. The minimum Gasteiger partial charge on any atom is -0.368 e. The van der Waals surface area contributed by atoms with E-state index in [1.165, 1.54) is 36.4 Å². The average Bonchev–Trinajstić information content (AvgIpc) is 2.72. The Morgan fingerprint density at radius 1 is 1.03 bits per heavy atom. The number of benzene rings is 2. The maximum absolute atomic E-state index is 12.9. The zero-order valence-electron chi connectivity index (χ0n) is 15.3. The molecular weight excluding hydrogens is 387 g/mol. The molecule has 0 N–H and O–H groups in total. The summed E-state index contributed by atoms with van der Waals surface area (Å²) in [5, 5.41) is 10.8. The van der Waals surface area contributed by atoms with E-state index in [4.69, 9.17) is 0 Å². The number of hydrogen-bond acceptors (Lipinski definition) is 4. The molecule has 1 heterocycles. The standard InChI is InChI=1S/C20H18F3N3O3/c21-20(22,23)16-4-2-5-17(14-16)24-9-11-25(12-10-24)19(27)8-7-15-3-1-6-18(13-15)26(28)29/h1-8,13-14H,9-12H2. The van der Waals surface area contributed by atoms with Gasteiger partial charge in [0.15, 0.2) is 0 Å². The first-order valence-electron chi connectivity index (χ1n) is 8.88. The molecule has 1 fully saturated rings. The van der Waals surface area contributed by atoms with E-state index in [1.54, 1.807) is 17.0 Å². The Labute approximate surface area is 165 Å². The molecule has 3 rings (SSSR count). The minimum absolute atomic E-state index is 0.0608. The van der Waals surface area contributed by atoms with Crippen LogP contribution in [0.25, 0.3) is 6.08 Å². The van der Waals surface area contributed by atoms with Crippen molar-refractivity contribution in [1.82, 2.24) is 4.90 Å². The number of alkyl halides is 3. The molecule has 0 radical (unpaired) electrons. The summed E-state index contributed by atoms with van der Waals surface area (Å²) in [5.41, 5.74) is 0.247. The summed E-state index contributed by atoms with van der Waals surface area (Å²) in [5.74, 6) is -0.250. The van der Waals surface area contributed by atoms with E-state index in [0.29, 0.717) is 37.4 Å². The molecule has 9 heteroatoms. The van der Waals surface area contributed by atoms with Crippen LogP contribution in [0.3, 0.4) is 0 Å². The van der Waals surface area contributed by atoms with Crippen LogP contribution in [-0.4, -0.2) is 41.9 Å². The predicted molar refractivity (Wildman–Crippen MR) is 102 cm³/mol. The van der Waals surface area contributed by atoms with Crippen molar-refractivity contribution < 1.29 is 22.9 Å². The van der Waals surface area contributed by atoms with Crippen molar-refractivity contribution in [3.05, 3.63) is 75.8 Å². The van der Waals surface area contributed by atoms with Gasteiger partial charge in [-0.05, 0) is 29.8 Å². The van der Waals surface area contributed by atoms with Gasteiger partial charge in [0, 0.05) is 50.1 Å². The number of rotatable bonds is 4. The lowest BCUT2D eigenvalue weighted by Gasteiger charge is -2.35. The van der Waals surface area contributed by atoms with E-state index in [9.17, 15) is 28.1 Å². The van der Waals surface area contributed by atoms with E-state index in [0.717, 1.165) is 12.1 Å². The largest absolute Gasteiger partial charge is 0.416 e. The van der Waals surface area contributed by atoms with Gasteiger partial charge in [0.05, 0.1) is 10.5 Å². The van der Waals surface area contributed by atoms with Gasteiger partial charge in [0.25, 0.3) is 5.69 Å². The van der Waals surface area contributed by atoms with E-state index < -0.39 is 16.7 Å². The fraction of sp³-hybridized carbons (Fsp3) is 0.250. The molecule has 29 heavy (non-hydrogen) atoms. The van der Waals surface area contributed by atoms with Crippen LogP contribution in [0.1, 0.15) is 11.1 Å². The maximum Gasteiger partial charge on any atom is 0.416 e. The van der Waals surface area contributed by atoms with Crippen LogP contribution in [0.2, 0.25) is 0 Å². The number of amides is 1. The lowest BCUT2D eigenvalue weighted by atomic mass is 10.1. The van der Waals surface area contributed by atoms with E-state index in [1.807, 2.05) is 4.90 Å². The molecular formula is C20H18F3N3O3. The molecule has 2 aromatic rings. The summed E-state index contributed by atoms with van der Waals surface area (Å²) in [6.45, 7) is 1.57. The van der Waals surface area contributed by atoms with Gasteiger partial charge >= 0.3 is 6.18 Å². The van der Waals surface area contributed by atoms with E-state index >= 15 is 0 Å².